The summed E-state index contributed by atoms with van der Waals surface area (Å²) >= 11 is 0. The zero-order valence-electron chi connectivity index (χ0n) is 29.7. The number of epoxide rings is 1. The minimum atomic E-state index is -0.536. The Bertz CT molecular complexity index is 1020. The second-order valence-electron chi connectivity index (χ2n) is 14.1. The van der Waals surface area contributed by atoms with Crippen molar-refractivity contribution in [1.82, 2.24) is 10.2 Å². The Morgan fingerprint density at radius 2 is 1.89 bits per heavy atom. The number of hydrogen-bond acceptors (Lipinski definition) is 9. The van der Waals surface area contributed by atoms with E-state index in [-0.39, 0.29) is 61.0 Å². The normalized spacial score (nSPS) is 31.1. The molecule has 0 aromatic rings. The zero-order valence-corrected chi connectivity index (χ0v) is 29.7. The fraction of sp³-hybridized carbons (Fsp3) is 0.833. The molecule has 0 bridgehead atoms. The van der Waals surface area contributed by atoms with Crippen LogP contribution in [-0.2, 0) is 28.5 Å². The van der Waals surface area contributed by atoms with Gasteiger partial charge in [-0.2, -0.15) is 0 Å². The highest BCUT2D eigenvalue weighted by molar-refractivity contribution is 5.78. The summed E-state index contributed by atoms with van der Waals surface area (Å²) < 4.78 is 28.9. The molecule has 10 heteroatoms. The molecule has 2 N–H and O–H groups in total. The quantitative estimate of drug-likeness (QED) is 0.112. The van der Waals surface area contributed by atoms with Gasteiger partial charge in [-0.25, -0.2) is 4.79 Å². The number of rotatable bonds is 19. The Labute approximate surface area is 277 Å². The van der Waals surface area contributed by atoms with Crippen LogP contribution in [0.1, 0.15) is 86.5 Å². The molecule has 0 saturated carbocycles. The lowest BCUT2D eigenvalue weighted by Crippen LogP contribution is -2.36. The van der Waals surface area contributed by atoms with Crippen molar-refractivity contribution < 1.29 is 38.4 Å². The van der Waals surface area contributed by atoms with Gasteiger partial charge in [0.15, 0.2) is 0 Å². The number of Topliss-reactive ketones (excluding diaryl/α,β-unsaturated/α-hetero) is 1. The smallest absolute Gasteiger partial charge is 0.409 e. The number of aliphatic hydroxyl groups is 1. The lowest BCUT2D eigenvalue weighted by atomic mass is 9.85. The maximum atomic E-state index is 12.5. The number of likely N-dealkylation sites (N-methyl/N-ethyl adjacent to an activating group) is 1. The molecule has 0 spiro atoms. The predicted octanol–water partition coefficient (Wildman–Crippen LogP) is 5.07. The summed E-state index contributed by atoms with van der Waals surface area (Å²) in [5.41, 5.74) is 0.998. The third kappa shape index (κ3) is 11.7. The Hall–Kier alpha value is -1.82. The Morgan fingerprint density at radius 3 is 2.57 bits per heavy atom. The summed E-state index contributed by atoms with van der Waals surface area (Å²) in [6, 6.07) is 0.328. The number of methoxy groups -OCH3 is 1. The molecule has 10 nitrogen and oxygen atoms in total. The molecule has 1 unspecified atom stereocenters. The minimum Gasteiger partial charge on any atom is -0.447 e. The highest BCUT2D eigenvalue weighted by Crippen LogP contribution is 2.47. The van der Waals surface area contributed by atoms with Gasteiger partial charge >= 0.3 is 6.09 Å². The van der Waals surface area contributed by atoms with Gasteiger partial charge in [0, 0.05) is 45.0 Å². The molecule has 264 valence electrons. The molecule has 3 saturated heterocycles. The van der Waals surface area contributed by atoms with Crippen LogP contribution in [0.5, 0.6) is 0 Å². The van der Waals surface area contributed by atoms with Crippen molar-refractivity contribution in [2.75, 3.05) is 47.1 Å². The van der Waals surface area contributed by atoms with Gasteiger partial charge in [-0.05, 0) is 77.3 Å². The van der Waals surface area contributed by atoms with Crippen LogP contribution in [0.2, 0.25) is 0 Å². The fourth-order valence-electron chi connectivity index (χ4n) is 7.26. The number of nitrogens with zero attached hydrogens (tertiary/aromatic N) is 1. The highest BCUT2D eigenvalue weighted by atomic mass is 16.6. The van der Waals surface area contributed by atoms with Gasteiger partial charge in [-0.3, -0.25) is 4.79 Å². The van der Waals surface area contributed by atoms with Crippen molar-refractivity contribution in [3.63, 3.8) is 0 Å². The second-order valence-corrected chi connectivity index (χ2v) is 14.1. The summed E-state index contributed by atoms with van der Waals surface area (Å²) in [4.78, 5) is 26.3. The predicted molar refractivity (Wildman–Crippen MR) is 179 cm³/mol. The van der Waals surface area contributed by atoms with E-state index in [4.69, 9.17) is 23.7 Å². The topological polar surface area (TPSA) is 119 Å². The highest BCUT2D eigenvalue weighted by Gasteiger charge is 2.56. The average Bonchev–Trinajstić information content (AvgIpc) is 3.43. The molecule has 3 rings (SSSR count). The van der Waals surface area contributed by atoms with Gasteiger partial charge in [-0.15, -0.1) is 0 Å². The molecule has 0 aromatic carbocycles. The number of allylic oxidation sites excluding steroid dienone is 3. The Balaban J connectivity index is 1.31. The van der Waals surface area contributed by atoms with Crippen molar-refractivity contribution in [3.05, 3.63) is 23.8 Å². The second kappa shape index (κ2) is 18.7. The molecule has 1 amide bonds. The molecule has 0 aromatic heterocycles. The van der Waals surface area contributed by atoms with Crippen LogP contribution in [0.25, 0.3) is 0 Å². The van der Waals surface area contributed by atoms with Crippen LogP contribution in [0.15, 0.2) is 23.8 Å². The van der Waals surface area contributed by atoms with Gasteiger partial charge < -0.3 is 39.0 Å². The minimum absolute atomic E-state index is 0.0468. The number of hydrogen-bond donors (Lipinski definition) is 2. The summed E-state index contributed by atoms with van der Waals surface area (Å²) in [6.07, 6.45) is 11.1. The van der Waals surface area contributed by atoms with Crippen molar-refractivity contribution >= 4 is 11.9 Å². The average molecular weight is 651 g/mol. The van der Waals surface area contributed by atoms with E-state index in [9.17, 15) is 14.7 Å². The van der Waals surface area contributed by atoms with E-state index < -0.39 is 6.10 Å². The van der Waals surface area contributed by atoms with Crippen molar-refractivity contribution in [3.8, 4) is 0 Å². The standard InChI is InChI=1S/C36H62N2O8/c1-24(22-36(6)34(46-36)27(4)33(42-8)28(5)39)10-9-11-25(2)32-26(3)12-14-31(45-32)15-13-30(40)17-19-43-20-21-44-35(41)38-18-16-29(23-38)37-7/h9-11,24,26-29,31-34,37,39H,12-23H2,1-8H3/b10-9+,25-11+/t24-,26+,27-,28-,29?,31-,32-,33-,34-,36-/m1/s1. The Morgan fingerprint density at radius 1 is 1.13 bits per heavy atom. The van der Waals surface area contributed by atoms with Crippen LogP contribution in [0, 0.1) is 17.8 Å². The molecular weight excluding hydrogens is 588 g/mol. The first-order valence-electron chi connectivity index (χ1n) is 17.5. The third-order valence-electron chi connectivity index (χ3n) is 10.0. The maximum absolute atomic E-state index is 12.5. The molecule has 0 radical (unpaired) electrons. The SMILES string of the molecule is CNC1CCN(C(=O)OCCOCCC(=O)CC[C@H]2CC[C@H](C)[C@@H](/C(C)=C/C=C/[C@@H](C)C[C@@]3(C)O[C@@H]3[C@H](C)[C@@H](OC)[C@@H](C)O)O2)C1. The first kappa shape index (κ1) is 38.6. The largest absolute Gasteiger partial charge is 0.447 e. The maximum Gasteiger partial charge on any atom is 0.409 e. The molecule has 3 aliphatic heterocycles. The van der Waals surface area contributed by atoms with E-state index in [1.165, 1.54) is 5.57 Å². The number of amides is 1. The number of ether oxygens (including phenoxy) is 5. The van der Waals surface area contributed by atoms with E-state index >= 15 is 0 Å². The van der Waals surface area contributed by atoms with Gasteiger partial charge in [0.05, 0.1) is 49.3 Å². The van der Waals surface area contributed by atoms with Crippen LogP contribution in [0.4, 0.5) is 4.79 Å². The van der Waals surface area contributed by atoms with Crippen LogP contribution >= 0.6 is 0 Å². The van der Waals surface area contributed by atoms with Crippen LogP contribution in [0.3, 0.4) is 0 Å². The van der Waals surface area contributed by atoms with Gasteiger partial charge in [0.2, 0.25) is 0 Å². The molecule has 46 heavy (non-hydrogen) atoms. The molecular formula is C36H62N2O8. The van der Waals surface area contributed by atoms with Gasteiger partial charge in [0.1, 0.15) is 12.4 Å². The monoisotopic (exact) mass is 650 g/mol. The van der Waals surface area contributed by atoms with E-state index in [0.717, 1.165) is 32.1 Å². The number of nitrogens with one attached hydrogen (secondary N) is 1. The lowest BCUT2D eigenvalue weighted by Gasteiger charge is -2.35. The van der Waals surface area contributed by atoms with E-state index in [2.05, 4.69) is 58.2 Å². The molecule has 3 fully saturated rings. The molecule has 3 heterocycles. The van der Waals surface area contributed by atoms with Crippen molar-refractivity contribution in [2.24, 2.45) is 17.8 Å². The number of carbonyl (C=O) groups excluding carboxylic acids is 2. The van der Waals surface area contributed by atoms with Crippen molar-refractivity contribution in [2.45, 2.75) is 129 Å². The first-order chi connectivity index (χ1) is 21.9. The fourth-order valence-corrected chi connectivity index (χ4v) is 7.26. The number of likely N-dealkylation sites (tertiary alicyclic amines) is 1. The molecule has 0 aliphatic carbocycles. The molecule has 3 aliphatic rings. The van der Waals surface area contributed by atoms with Crippen LogP contribution < -0.4 is 5.32 Å². The summed E-state index contributed by atoms with van der Waals surface area (Å²) in [5.74, 6) is 1.05. The summed E-state index contributed by atoms with van der Waals surface area (Å²) in [6.45, 7) is 14.8. The third-order valence-corrected chi connectivity index (χ3v) is 10.0. The summed E-state index contributed by atoms with van der Waals surface area (Å²) in [7, 11) is 3.54. The van der Waals surface area contributed by atoms with E-state index in [1.54, 1.807) is 18.9 Å². The lowest BCUT2D eigenvalue weighted by molar-refractivity contribution is -0.122. The van der Waals surface area contributed by atoms with Crippen molar-refractivity contribution in [1.29, 1.82) is 0 Å². The number of ketones is 1. The van der Waals surface area contributed by atoms with Gasteiger partial charge in [0.25, 0.3) is 0 Å². The first-order valence-corrected chi connectivity index (χ1v) is 17.5. The zero-order chi connectivity index (χ0) is 33.9. The van der Waals surface area contributed by atoms with Crippen LogP contribution in [-0.4, -0.2) is 111 Å². The molecule has 10 atom stereocenters. The number of carbonyl (C=O) groups is 2. The Kier molecular flexibility index (Phi) is 15.7. The number of aliphatic hydroxyl groups excluding tert-OH is 1. The van der Waals surface area contributed by atoms with Gasteiger partial charge in [-0.1, -0.05) is 39.0 Å². The summed E-state index contributed by atoms with van der Waals surface area (Å²) in [5, 5.41) is 13.2. The van der Waals surface area contributed by atoms with E-state index in [1.807, 2.05) is 7.05 Å². The van der Waals surface area contributed by atoms with E-state index in [0.29, 0.717) is 50.4 Å².